The minimum Gasteiger partial charge on any atom is -0.494 e. The first-order valence-corrected chi connectivity index (χ1v) is 9.37. The highest BCUT2D eigenvalue weighted by Gasteiger charge is 2.10. The zero-order valence-corrected chi connectivity index (χ0v) is 15.9. The lowest BCUT2D eigenvalue weighted by Gasteiger charge is -2.04. The van der Waals surface area contributed by atoms with Crippen LogP contribution in [0.15, 0.2) is 53.9 Å². The van der Waals surface area contributed by atoms with Crippen LogP contribution in [-0.2, 0) is 0 Å². The minimum atomic E-state index is -0.179. The summed E-state index contributed by atoms with van der Waals surface area (Å²) in [5, 5.41) is 5.36. The number of carbonyl (C=O) groups excluding carboxylic acids is 1. The molecule has 6 heteroatoms. The molecule has 0 spiro atoms. The number of aromatic nitrogens is 1. The third-order valence-electron chi connectivity index (χ3n) is 3.29. The summed E-state index contributed by atoms with van der Waals surface area (Å²) < 4.78 is 6.55. The monoisotopic (exact) mass is 450 g/mol. The van der Waals surface area contributed by atoms with E-state index >= 15 is 0 Å². The number of rotatable bonds is 5. The van der Waals surface area contributed by atoms with Gasteiger partial charge in [-0.05, 0) is 65.9 Å². The Labute approximate surface area is 158 Å². The lowest BCUT2D eigenvalue weighted by atomic mass is 10.2. The van der Waals surface area contributed by atoms with Gasteiger partial charge in [0.25, 0.3) is 5.91 Å². The molecule has 122 valence electrons. The molecule has 2 aromatic carbocycles. The van der Waals surface area contributed by atoms with Crippen LogP contribution in [0.2, 0.25) is 0 Å². The van der Waals surface area contributed by atoms with Crippen molar-refractivity contribution in [3.8, 4) is 17.0 Å². The van der Waals surface area contributed by atoms with Crippen LogP contribution in [0.5, 0.6) is 5.75 Å². The summed E-state index contributed by atoms with van der Waals surface area (Å²) in [7, 11) is 0. The first kappa shape index (κ1) is 16.9. The van der Waals surface area contributed by atoms with E-state index in [-0.39, 0.29) is 5.91 Å². The van der Waals surface area contributed by atoms with E-state index in [1.807, 2.05) is 36.6 Å². The van der Waals surface area contributed by atoms with E-state index in [0.717, 1.165) is 17.0 Å². The maximum absolute atomic E-state index is 12.3. The highest BCUT2D eigenvalue weighted by atomic mass is 127. The number of amides is 1. The van der Waals surface area contributed by atoms with E-state index in [0.29, 0.717) is 17.3 Å². The number of ether oxygens (including phenoxy) is 1. The molecule has 0 radical (unpaired) electrons. The summed E-state index contributed by atoms with van der Waals surface area (Å²) >= 11 is 3.68. The van der Waals surface area contributed by atoms with E-state index < -0.39 is 0 Å². The molecule has 1 N–H and O–H groups in total. The lowest BCUT2D eigenvalue weighted by molar-refractivity contribution is 0.102. The van der Waals surface area contributed by atoms with Crippen LogP contribution in [0.3, 0.4) is 0 Å². The Morgan fingerprint density at radius 2 is 1.88 bits per heavy atom. The molecule has 0 aliphatic carbocycles. The van der Waals surface area contributed by atoms with Gasteiger partial charge in [0.1, 0.15) is 5.75 Å². The molecule has 4 nitrogen and oxygen atoms in total. The fraction of sp³-hybridized carbons (Fsp3) is 0.111. The lowest BCUT2D eigenvalue weighted by Crippen LogP contribution is -2.11. The number of nitrogens with one attached hydrogen (secondary N) is 1. The summed E-state index contributed by atoms with van der Waals surface area (Å²) in [6, 6.07) is 15.2. The van der Waals surface area contributed by atoms with Gasteiger partial charge < -0.3 is 4.74 Å². The van der Waals surface area contributed by atoms with Crippen molar-refractivity contribution in [2.75, 3.05) is 11.9 Å². The second kappa shape index (κ2) is 7.76. The molecule has 1 heterocycles. The van der Waals surface area contributed by atoms with Crippen molar-refractivity contribution < 1.29 is 9.53 Å². The van der Waals surface area contributed by atoms with E-state index in [1.165, 1.54) is 14.9 Å². The van der Waals surface area contributed by atoms with Crippen LogP contribution in [0, 0.1) is 3.57 Å². The number of nitrogens with zero attached hydrogens (tertiary/aromatic N) is 1. The molecule has 0 fully saturated rings. The predicted molar refractivity (Wildman–Crippen MR) is 106 cm³/mol. The highest BCUT2D eigenvalue weighted by molar-refractivity contribution is 14.1. The second-order valence-corrected chi connectivity index (χ2v) is 7.06. The molecular weight excluding hydrogens is 435 g/mol. The standard InChI is InChI=1S/C18H15IN2O2S/c1-2-23-15-9-5-13(6-10-15)17(22)21-18-20-16(11-24-18)12-3-7-14(19)8-4-12/h3-11H,2H2,1H3,(H,20,21,22). The first-order valence-electron chi connectivity index (χ1n) is 7.41. The van der Waals surface area contributed by atoms with Gasteiger partial charge in [0.15, 0.2) is 5.13 Å². The summed E-state index contributed by atoms with van der Waals surface area (Å²) in [5.41, 5.74) is 2.47. The Balaban J connectivity index is 1.69. The summed E-state index contributed by atoms with van der Waals surface area (Å²) in [4.78, 5) is 16.8. The minimum absolute atomic E-state index is 0.179. The molecule has 0 aliphatic rings. The second-order valence-electron chi connectivity index (χ2n) is 4.96. The number of carbonyl (C=O) groups is 1. The zero-order chi connectivity index (χ0) is 16.9. The van der Waals surface area contributed by atoms with Gasteiger partial charge in [-0.15, -0.1) is 11.3 Å². The van der Waals surface area contributed by atoms with Crippen molar-refractivity contribution >= 4 is 45.0 Å². The quantitative estimate of drug-likeness (QED) is 0.553. The van der Waals surface area contributed by atoms with Crippen molar-refractivity contribution in [1.82, 2.24) is 4.98 Å². The van der Waals surface area contributed by atoms with Gasteiger partial charge in [-0.1, -0.05) is 12.1 Å². The molecule has 24 heavy (non-hydrogen) atoms. The Bertz CT molecular complexity index is 829. The molecule has 0 bridgehead atoms. The highest BCUT2D eigenvalue weighted by Crippen LogP contribution is 2.26. The molecule has 3 aromatic rings. The number of hydrogen-bond acceptors (Lipinski definition) is 4. The number of halogens is 1. The smallest absolute Gasteiger partial charge is 0.257 e. The molecule has 1 amide bonds. The fourth-order valence-electron chi connectivity index (χ4n) is 2.12. The van der Waals surface area contributed by atoms with Gasteiger partial charge in [-0.25, -0.2) is 4.98 Å². The van der Waals surface area contributed by atoms with Gasteiger partial charge in [0, 0.05) is 20.1 Å². The van der Waals surface area contributed by atoms with Crippen molar-refractivity contribution in [3.63, 3.8) is 0 Å². The maximum atomic E-state index is 12.3. The average Bonchev–Trinajstić information content (AvgIpc) is 3.05. The van der Waals surface area contributed by atoms with Crippen molar-refractivity contribution in [1.29, 1.82) is 0 Å². The van der Waals surface area contributed by atoms with Crippen LogP contribution in [0.4, 0.5) is 5.13 Å². The van der Waals surface area contributed by atoms with Crippen LogP contribution < -0.4 is 10.1 Å². The topological polar surface area (TPSA) is 51.2 Å². The Hall–Kier alpha value is -1.93. The summed E-state index contributed by atoms with van der Waals surface area (Å²) in [6.07, 6.45) is 0. The first-order chi connectivity index (χ1) is 11.7. The molecular formula is C18H15IN2O2S. The van der Waals surface area contributed by atoms with E-state index in [4.69, 9.17) is 4.74 Å². The van der Waals surface area contributed by atoms with Gasteiger partial charge in [-0.3, -0.25) is 10.1 Å². The number of anilines is 1. The van der Waals surface area contributed by atoms with Gasteiger partial charge >= 0.3 is 0 Å². The SMILES string of the molecule is CCOc1ccc(C(=O)Nc2nc(-c3ccc(I)cc3)cs2)cc1. The van der Waals surface area contributed by atoms with Crippen LogP contribution in [0.25, 0.3) is 11.3 Å². The van der Waals surface area contributed by atoms with Crippen LogP contribution in [0.1, 0.15) is 17.3 Å². The number of thiazole rings is 1. The number of hydrogen-bond donors (Lipinski definition) is 1. The molecule has 1 aromatic heterocycles. The van der Waals surface area contributed by atoms with Gasteiger partial charge in [0.2, 0.25) is 0 Å². The molecule has 0 saturated heterocycles. The fourth-order valence-corrected chi connectivity index (χ4v) is 3.20. The predicted octanol–water partition coefficient (Wildman–Crippen LogP) is 5.07. The van der Waals surface area contributed by atoms with Crippen LogP contribution in [-0.4, -0.2) is 17.5 Å². The summed E-state index contributed by atoms with van der Waals surface area (Å²) in [6.45, 7) is 2.53. The number of benzene rings is 2. The van der Waals surface area contributed by atoms with Gasteiger partial charge in [-0.2, -0.15) is 0 Å². The molecule has 0 saturated carbocycles. The summed E-state index contributed by atoms with van der Waals surface area (Å²) in [5.74, 6) is 0.575. The third-order valence-corrected chi connectivity index (χ3v) is 4.77. The largest absolute Gasteiger partial charge is 0.494 e. The average molecular weight is 450 g/mol. The molecule has 3 rings (SSSR count). The van der Waals surface area contributed by atoms with E-state index in [1.54, 1.807) is 24.3 Å². The van der Waals surface area contributed by atoms with Crippen molar-refractivity contribution in [3.05, 3.63) is 63.0 Å². The molecule has 0 aliphatic heterocycles. The zero-order valence-electron chi connectivity index (χ0n) is 13.0. The van der Waals surface area contributed by atoms with Crippen molar-refractivity contribution in [2.24, 2.45) is 0 Å². The van der Waals surface area contributed by atoms with Gasteiger partial charge in [0.05, 0.1) is 12.3 Å². The van der Waals surface area contributed by atoms with E-state index in [2.05, 4.69) is 32.9 Å². The maximum Gasteiger partial charge on any atom is 0.257 e. The normalized spacial score (nSPS) is 10.4. The third kappa shape index (κ3) is 4.12. The Kier molecular flexibility index (Phi) is 5.47. The molecule has 0 atom stereocenters. The van der Waals surface area contributed by atoms with Crippen molar-refractivity contribution in [2.45, 2.75) is 6.92 Å². The Morgan fingerprint density at radius 3 is 2.54 bits per heavy atom. The molecule has 0 unspecified atom stereocenters. The van der Waals surface area contributed by atoms with Crippen LogP contribution >= 0.6 is 33.9 Å². The Morgan fingerprint density at radius 1 is 1.17 bits per heavy atom. The van der Waals surface area contributed by atoms with E-state index in [9.17, 15) is 4.79 Å².